The molecule has 0 saturated heterocycles. The van der Waals surface area contributed by atoms with Gasteiger partial charge in [-0.25, -0.2) is 0 Å². The summed E-state index contributed by atoms with van der Waals surface area (Å²) >= 11 is 0. The molecule has 0 aliphatic rings. The van der Waals surface area contributed by atoms with Crippen LogP contribution in [0.2, 0.25) is 0 Å². The van der Waals surface area contributed by atoms with Gasteiger partial charge in [0, 0.05) is 38.9 Å². The third-order valence-corrected chi connectivity index (χ3v) is 2.55. The summed E-state index contributed by atoms with van der Waals surface area (Å²) in [5.74, 6) is 0.972. The summed E-state index contributed by atoms with van der Waals surface area (Å²) in [7, 11) is 1.71. The quantitative estimate of drug-likeness (QED) is 0.618. The average Bonchev–Trinajstić information content (AvgIpc) is 2.40. The van der Waals surface area contributed by atoms with Gasteiger partial charge in [0.15, 0.2) is 0 Å². The van der Waals surface area contributed by atoms with Crippen molar-refractivity contribution in [3.8, 4) is 5.75 Å². The van der Waals surface area contributed by atoms with Gasteiger partial charge in [-0.05, 0) is 13.0 Å². The molecule has 102 valence electrons. The van der Waals surface area contributed by atoms with Crippen molar-refractivity contribution in [1.82, 2.24) is 10.6 Å². The van der Waals surface area contributed by atoms with Gasteiger partial charge in [-0.15, -0.1) is 0 Å². The van der Waals surface area contributed by atoms with Crippen LogP contribution in [-0.2, 0) is 11.3 Å². The molecule has 2 N–H and O–H groups in total. The van der Waals surface area contributed by atoms with Crippen LogP contribution in [0, 0.1) is 0 Å². The molecule has 0 bridgehead atoms. The maximum Gasteiger partial charge on any atom is 0.123 e. The first-order chi connectivity index (χ1) is 8.88. The van der Waals surface area contributed by atoms with Crippen molar-refractivity contribution in [3.05, 3.63) is 29.8 Å². The van der Waals surface area contributed by atoms with Crippen molar-refractivity contribution in [2.75, 3.05) is 40.0 Å². The second-order valence-corrected chi connectivity index (χ2v) is 3.96. The number of hydrogen-bond acceptors (Lipinski definition) is 4. The van der Waals surface area contributed by atoms with Crippen LogP contribution in [-0.4, -0.2) is 40.0 Å². The van der Waals surface area contributed by atoms with E-state index in [1.54, 1.807) is 7.11 Å². The fraction of sp³-hybridized carbons (Fsp3) is 0.571. The summed E-state index contributed by atoms with van der Waals surface area (Å²) in [6.45, 7) is 7.08. The van der Waals surface area contributed by atoms with E-state index in [1.807, 2.05) is 25.1 Å². The Labute approximate surface area is 110 Å². The van der Waals surface area contributed by atoms with E-state index in [0.29, 0.717) is 6.61 Å². The van der Waals surface area contributed by atoms with Crippen molar-refractivity contribution in [3.63, 3.8) is 0 Å². The Balaban J connectivity index is 2.18. The van der Waals surface area contributed by atoms with Crippen molar-refractivity contribution in [2.45, 2.75) is 13.5 Å². The van der Waals surface area contributed by atoms with E-state index in [0.717, 1.165) is 38.5 Å². The lowest BCUT2D eigenvalue weighted by molar-refractivity contribution is 0.199. The minimum atomic E-state index is 0.704. The number of methoxy groups -OCH3 is 1. The van der Waals surface area contributed by atoms with Gasteiger partial charge < -0.3 is 20.1 Å². The number of para-hydroxylation sites is 1. The Morgan fingerprint density at radius 1 is 1.06 bits per heavy atom. The third kappa shape index (κ3) is 6.00. The van der Waals surface area contributed by atoms with Crippen molar-refractivity contribution < 1.29 is 9.47 Å². The highest BCUT2D eigenvalue weighted by atomic mass is 16.5. The molecule has 4 nitrogen and oxygen atoms in total. The predicted molar refractivity (Wildman–Crippen MR) is 74.1 cm³/mol. The Kier molecular flexibility index (Phi) is 8.21. The molecule has 4 heteroatoms. The molecule has 0 atom stereocenters. The number of ether oxygens (including phenoxy) is 2. The molecule has 0 heterocycles. The van der Waals surface area contributed by atoms with Crippen LogP contribution in [0.1, 0.15) is 12.5 Å². The third-order valence-electron chi connectivity index (χ3n) is 2.55. The Morgan fingerprint density at radius 2 is 1.83 bits per heavy atom. The van der Waals surface area contributed by atoms with Crippen LogP contribution in [0.5, 0.6) is 5.75 Å². The first-order valence-corrected chi connectivity index (χ1v) is 6.49. The fourth-order valence-corrected chi connectivity index (χ4v) is 1.65. The van der Waals surface area contributed by atoms with E-state index >= 15 is 0 Å². The smallest absolute Gasteiger partial charge is 0.123 e. The lowest BCUT2D eigenvalue weighted by Crippen LogP contribution is -2.29. The molecule has 0 fully saturated rings. The molecule has 1 aromatic rings. The van der Waals surface area contributed by atoms with Crippen LogP contribution in [0.15, 0.2) is 24.3 Å². The largest absolute Gasteiger partial charge is 0.494 e. The monoisotopic (exact) mass is 252 g/mol. The van der Waals surface area contributed by atoms with E-state index in [4.69, 9.17) is 9.47 Å². The second kappa shape index (κ2) is 9.88. The summed E-state index contributed by atoms with van der Waals surface area (Å²) in [5, 5.41) is 6.69. The summed E-state index contributed by atoms with van der Waals surface area (Å²) in [6, 6.07) is 8.14. The summed E-state index contributed by atoms with van der Waals surface area (Å²) in [5.41, 5.74) is 1.20. The molecule has 0 aliphatic heterocycles. The standard InChI is InChI=1S/C14H24N2O2/c1-3-18-14-7-5-4-6-13(14)12-16-9-8-15-10-11-17-2/h4-7,15-16H,3,8-12H2,1-2H3. The molecule has 0 aromatic heterocycles. The van der Waals surface area contributed by atoms with Gasteiger partial charge in [0.1, 0.15) is 5.75 Å². The first kappa shape index (κ1) is 15.0. The minimum absolute atomic E-state index is 0.704. The molecule has 0 amide bonds. The van der Waals surface area contributed by atoms with Gasteiger partial charge in [-0.1, -0.05) is 18.2 Å². The highest BCUT2D eigenvalue weighted by Crippen LogP contribution is 2.17. The summed E-state index contributed by atoms with van der Waals surface area (Å²) in [4.78, 5) is 0. The topological polar surface area (TPSA) is 42.5 Å². The van der Waals surface area contributed by atoms with Gasteiger partial charge >= 0.3 is 0 Å². The zero-order valence-corrected chi connectivity index (χ0v) is 11.4. The highest BCUT2D eigenvalue weighted by molar-refractivity contribution is 5.33. The highest BCUT2D eigenvalue weighted by Gasteiger charge is 2.00. The van der Waals surface area contributed by atoms with E-state index in [9.17, 15) is 0 Å². The first-order valence-electron chi connectivity index (χ1n) is 6.49. The fourth-order valence-electron chi connectivity index (χ4n) is 1.65. The van der Waals surface area contributed by atoms with Gasteiger partial charge in [-0.2, -0.15) is 0 Å². The van der Waals surface area contributed by atoms with E-state index in [-0.39, 0.29) is 0 Å². The van der Waals surface area contributed by atoms with Crippen LogP contribution in [0.3, 0.4) is 0 Å². The zero-order valence-electron chi connectivity index (χ0n) is 11.4. The predicted octanol–water partition coefficient (Wildman–Crippen LogP) is 1.41. The Hall–Kier alpha value is -1.10. The maximum atomic E-state index is 5.57. The van der Waals surface area contributed by atoms with Gasteiger partial charge in [0.2, 0.25) is 0 Å². The van der Waals surface area contributed by atoms with Crippen molar-refractivity contribution >= 4 is 0 Å². The molecule has 0 radical (unpaired) electrons. The normalized spacial score (nSPS) is 10.6. The molecule has 1 rings (SSSR count). The summed E-state index contributed by atoms with van der Waals surface area (Å²) < 4.78 is 10.5. The lowest BCUT2D eigenvalue weighted by atomic mass is 10.2. The van der Waals surface area contributed by atoms with Gasteiger partial charge in [0.25, 0.3) is 0 Å². The van der Waals surface area contributed by atoms with Crippen molar-refractivity contribution in [1.29, 1.82) is 0 Å². The zero-order chi connectivity index (χ0) is 13.1. The molecule has 18 heavy (non-hydrogen) atoms. The average molecular weight is 252 g/mol. The SMILES string of the molecule is CCOc1ccccc1CNCCNCCOC. The van der Waals surface area contributed by atoms with Gasteiger partial charge in [0.05, 0.1) is 13.2 Å². The molecular formula is C14H24N2O2. The van der Waals surface area contributed by atoms with Crippen molar-refractivity contribution in [2.24, 2.45) is 0 Å². The van der Waals surface area contributed by atoms with E-state index < -0.39 is 0 Å². The van der Waals surface area contributed by atoms with Gasteiger partial charge in [-0.3, -0.25) is 0 Å². The number of benzene rings is 1. The van der Waals surface area contributed by atoms with E-state index in [1.165, 1.54) is 5.56 Å². The lowest BCUT2D eigenvalue weighted by Gasteiger charge is -2.11. The van der Waals surface area contributed by atoms with Crippen LogP contribution >= 0.6 is 0 Å². The van der Waals surface area contributed by atoms with E-state index in [2.05, 4.69) is 16.7 Å². The molecule has 0 saturated carbocycles. The Bertz CT molecular complexity index is 318. The second-order valence-electron chi connectivity index (χ2n) is 3.96. The van der Waals surface area contributed by atoms with Crippen LogP contribution in [0.4, 0.5) is 0 Å². The molecule has 0 unspecified atom stereocenters. The number of nitrogens with one attached hydrogen (secondary N) is 2. The molecule has 0 aliphatic carbocycles. The maximum absolute atomic E-state index is 5.57. The molecule has 0 spiro atoms. The molecular weight excluding hydrogens is 228 g/mol. The number of rotatable bonds is 10. The summed E-state index contributed by atoms with van der Waals surface area (Å²) in [6.07, 6.45) is 0. The number of hydrogen-bond donors (Lipinski definition) is 2. The van der Waals surface area contributed by atoms with Crippen LogP contribution < -0.4 is 15.4 Å². The van der Waals surface area contributed by atoms with Crippen LogP contribution in [0.25, 0.3) is 0 Å². The minimum Gasteiger partial charge on any atom is -0.494 e. The Morgan fingerprint density at radius 3 is 2.61 bits per heavy atom. The molecule has 1 aromatic carbocycles.